The highest BCUT2D eigenvalue weighted by atomic mass is 16.5. The molecule has 2 aromatic carbocycles. The van der Waals surface area contributed by atoms with Crippen molar-refractivity contribution in [1.29, 1.82) is 0 Å². The molecule has 3 rings (SSSR count). The number of benzene rings is 2. The van der Waals surface area contributed by atoms with Crippen molar-refractivity contribution in [3.8, 4) is 22.8 Å². The number of aromatic hydroxyl groups is 1. The lowest BCUT2D eigenvalue weighted by Gasteiger charge is -2.04. The van der Waals surface area contributed by atoms with Gasteiger partial charge in [0.25, 0.3) is 0 Å². The molecule has 3 aromatic rings. The fourth-order valence-corrected chi connectivity index (χ4v) is 2.19. The highest BCUT2D eigenvalue weighted by Gasteiger charge is 2.07. The van der Waals surface area contributed by atoms with E-state index in [2.05, 4.69) is 10.2 Å². The van der Waals surface area contributed by atoms with Crippen LogP contribution in [0, 0.1) is 0 Å². The third-order valence-electron chi connectivity index (χ3n) is 3.33. The molecule has 0 atom stereocenters. The Hall–Kier alpha value is -3.01. The zero-order valence-electron chi connectivity index (χ0n) is 12.2. The second kappa shape index (κ2) is 6.18. The van der Waals surface area contributed by atoms with Gasteiger partial charge in [-0.05, 0) is 42.0 Å². The molecule has 0 saturated heterocycles. The molecule has 4 nitrogen and oxygen atoms in total. The van der Waals surface area contributed by atoms with Gasteiger partial charge >= 0.3 is 0 Å². The minimum atomic E-state index is 0.260. The maximum Gasteiger partial charge on any atom is 0.128 e. The number of rotatable bonds is 4. The molecule has 0 amide bonds. The van der Waals surface area contributed by atoms with E-state index < -0.39 is 0 Å². The van der Waals surface area contributed by atoms with Gasteiger partial charge in [-0.1, -0.05) is 30.3 Å². The SMILES string of the molecule is COc1ccccc1-c1cc(C=Cc2ccc(O)cc2)n[nH]1. The molecule has 0 aliphatic carbocycles. The summed E-state index contributed by atoms with van der Waals surface area (Å²) in [5.74, 6) is 1.07. The molecule has 22 heavy (non-hydrogen) atoms. The summed E-state index contributed by atoms with van der Waals surface area (Å²) < 4.78 is 5.36. The summed E-state index contributed by atoms with van der Waals surface area (Å²) >= 11 is 0. The Kier molecular flexibility index (Phi) is 3.92. The molecule has 0 spiro atoms. The van der Waals surface area contributed by atoms with Crippen LogP contribution in [0.25, 0.3) is 23.4 Å². The third-order valence-corrected chi connectivity index (χ3v) is 3.33. The van der Waals surface area contributed by atoms with Crippen LogP contribution in [-0.2, 0) is 0 Å². The number of aromatic nitrogens is 2. The number of H-pyrrole nitrogens is 1. The van der Waals surface area contributed by atoms with Crippen LogP contribution >= 0.6 is 0 Å². The second-order valence-electron chi connectivity index (χ2n) is 4.83. The zero-order valence-corrected chi connectivity index (χ0v) is 12.2. The summed E-state index contributed by atoms with van der Waals surface area (Å²) in [5, 5.41) is 16.6. The molecule has 1 aromatic heterocycles. The number of ether oxygens (including phenoxy) is 1. The van der Waals surface area contributed by atoms with E-state index in [4.69, 9.17) is 4.74 Å². The predicted octanol–water partition coefficient (Wildman–Crippen LogP) is 3.96. The van der Waals surface area contributed by atoms with E-state index in [1.54, 1.807) is 19.2 Å². The number of hydrogen-bond acceptors (Lipinski definition) is 3. The molecule has 110 valence electrons. The van der Waals surface area contributed by atoms with Gasteiger partial charge in [-0.2, -0.15) is 5.10 Å². The number of aromatic amines is 1. The van der Waals surface area contributed by atoms with E-state index in [9.17, 15) is 5.11 Å². The third kappa shape index (κ3) is 3.01. The van der Waals surface area contributed by atoms with Gasteiger partial charge in [0.2, 0.25) is 0 Å². The Morgan fingerprint density at radius 3 is 2.59 bits per heavy atom. The van der Waals surface area contributed by atoms with Gasteiger partial charge in [-0.15, -0.1) is 0 Å². The van der Waals surface area contributed by atoms with E-state index in [0.29, 0.717) is 0 Å². The van der Waals surface area contributed by atoms with Crippen LogP contribution in [-0.4, -0.2) is 22.4 Å². The second-order valence-corrected chi connectivity index (χ2v) is 4.83. The highest BCUT2D eigenvalue weighted by Crippen LogP contribution is 2.28. The number of para-hydroxylation sites is 1. The van der Waals surface area contributed by atoms with Crippen LogP contribution in [0.15, 0.2) is 54.6 Å². The maximum absolute atomic E-state index is 9.27. The van der Waals surface area contributed by atoms with Crippen LogP contribution in [0.4, 0.5) is 0 Å². The van der Waals surface area contributed by atoms with Crippen molar-refractivity contribution in [2.24, 2.45) is 0 Å². The molecule has 0 fully saturated rings. The Labute approximate surface area is 128 Å². The molecule has 0 bridgehead atoms. The number of hydrogen-bond donors (Lipinski definition) is 2. The quantitative estimate of drug-likeness (QED) is 0.765. The summed E-state index contributed by atoms with van der Waals surface area (Å²) in [4.78, 5) is 0. The molecule has 2 N–H and O–H groups in total. The molecule has 0 radical (unpaired) electrons. The zero-order chi connectivity index (χ0) is 15.4. The molecule has 0 unspecified atom stereocenters. The van der Waals surface area contributed by atoms with Gasteiger partial charge in [-0.3, -0.25) is 5.10 Å². The lowest BCUT2D eigenvalue weighted by molar-refractivity contribution is 0.416. The van der Waals surface area contributed by atoms with E-state index in [-0.39, 0.29) is 5.75 Å². The molecular weight excluding hydrogens is 276 g/mol. The van der Waals surface area contributed by atoms with Gasteiger partial charge in [0.05, 0.1) is 18.5 Å². The van der Waals surface area contributed by atoms with Gasteiger partial charge < -0.3 is 9.84 Å². The van der Waals surface area contributed by atoms with Crippen LogP contribution in [0.3, 0.4) is 0 Å². The van der Waals surface area contributed by atoms with Crippen molar-refractivity contribution >= 4 is 12.2 Å². The van der Waals surface area contributed by atoms with Crippen LogP contribution < -0.4 is 4.74 Å². The lowest BCUT2D eigenvalue weighted by Crippen LogP contribution is -1.87. The van der Waals surface area contributed by atoms with Crippen molar-refractivity contribution in [2.45, 2.75) is 0 Å². The van der Waals surface area contributed by atoms with Crippen molar-refractivity contribution in [2.75, 3.05) is 7.11 Å². The number of methoxy groups -OCH3 is 1. The fourth-order valence-electron chi connectivity index (χ4n) is 2.19. The Morgan fingerprint density at radius 1 is 1.05 bits per heavy atom. The van der Waals surface area contributed by atoms with Crippen LogP contribution in [0.1, 0.15) is 11.3 Å². The minimum absolute atomic E-state index is 0.260. The summed E-state index contributed by atoms with van der Waals surface area (Å²) in [5.41, 5.74) is 3.71. The summed E-state index contributed by atoms with van der Waals surface area (Å²) in [6.07, 6.45) is 3.86. The van der Waals surface area contributed by atoms with Crippen molar-refractivity contribution in [3.63, 3.8) is 0 Å². The molecule has 1 heterocycles. The predicted molar refractivity (Wildman–Crippen MR) is 87.6 cm³/mol. The number of phenols is 1. The topological polar surface area (TPSA) is 58.1 Å². The number of nitrogens with zero attached hydrogens (tertiary/aromatic N) is 1. The van der Waals surface area contributed by atoms with Crippen molar-refractivity contribution in [3.05, 3.63) is 65.9 Å². The van der Waals surface area contributed by atoms with Gasteiger partial charge in [0.1, 0.15) is 11.5 Å². The van der Waals surface area contributed by atoms with E-state index in [1.807, 2.05) is 54.6 Å². The van der Waals surface area contributed by atoms with Crippen LogP contribution in [0.5, 0.6) is 11.5 Å². The summed E-state index contributed by atoms with van der Waals surface area (Å²) in [7, 11) is 1.65. The highest BCUT2D eigenvalue weighted by molar-refractivity contribution is 5.73. The smallest absolute Gasteiger partial charge is 0.128 e. The lowest BCUT2D eigenvalue weighted by atomic mass is 10.1. The van der Waals surface area contributed by atoms with E-state index in [0.717, 1.165) is 28.3 Å². The van der Waals surface area contributed by atoms with Crippen molar-refractivity contribution in [1.82, 2.24) is 10.2 Å². The van der Waals surface area contributed by atoms with E-state index in [1.165, 1.54) is 0 Å². The Balaban J connectivity index is 1.83. The first-order valence-corrected chi connectivity index (χ1v) is 6.92. The molecular formula is C18H16N2O2. The first kappa shape index (κ1) is 13.9. The number of phenolic OH excluding ortho intramolecular Hbond substituents is 1. The summed E-state index contributed by atoms with van der Waals surface area (Å²) in [6.45, 7) is 0. The minimum Gasteiger partial charge on any atom is -0.508 e. The monoisotopic (exact) mass is 292 g/mol. The Morgan fingerprint density at radius 2 is 1.82 bits per heavy atom. The van der Waals surface area contributed by atoms with Gasteiger partial charge in [-0.25, -0.2) is 0 Å². The fraction of sp³-hybridized carbons (Fsp3) is 0.0556. The van der Waals surface area contributed by atoms with Gasteiger partial charge in [0.15, 0.2) is 0 Å². The normalized spacial score (nSPS) is 11.0. The molecule has 0 saturated carbocycles. The first-order chi connectivity index (χ1) is 10.8. The molecule has 0 aliphatic rings. The Bertz CT molecular complexity index is 789. The van der Waals surface area contributed by atoms with E-state index >= 15 is 0 Å². The van der Waals surface area contributed by atoms with Crippen LogP contribution in [0.2, 0.25) is 0 Å². The largest absolute Gasteiger partial charge is 0.508 e. The average molecular weight is 292 g/mol. The molecule has 0 aliphatic heterocycles. The van der Waals surface area contributed by atoms with Crippen molar-refractivity contribution < 1.29 is 9.84 Å². The average Bonchev–Trinajstić information content (AvgIpc) is 3.03. The van der Waals surface area contributed by atoms with Gasteiger partial charge in [0, 0.05) is 5.56 Å². The summed E-state index contributed by atoms with van der Waals surface area (Å²) in [6, 6.07) is 16.8. The number of nitrogens with one attached hydrogen (secondary N) is 1. The molecule has 4 heteroatoms. The maximum atomic E-state index is 9.27. The standard InChI is InChI=1S/C18H16N2O2/c1-22-18-5-3-2-4-16(18)17-12-14(19-20-17)9-6-13-7-10-15(21)11-8-13/h2-12,21H,1H3,(H,19,20). The first-order valence-electron chi connectivity index (χ1n) is 6.92.